The lowest BCUT2D eigenvalue weighted by Gasteiger charge is -2.14. The summed E-state index contributed by atoms with van der Waals surface area (Å²) in [4.78, 5) is 11.9. The number of esters is 1. The normalized spacial score (nSPS) is 17.2. The molecular weight excluding hydrogens is 252 g/mol. The predicted molar refractivity (Wildman–Crippen MR) is 66.9 cm³/mol. The summed E-state index contributed by atoms with van der Waals surface area (Å²) in [5, 5.41) is -1.05. The minimum absolute atomic E-state index is 0.0937. The van der Waals surface area contributed by atoms with E-state index in [2.05, 4.69) is 4.74 Å². The summed E-state index contributed by atoms with van der Waals surface area (Å²) in [6, 6.07) is 6.55. The molecule has 18 heavy (non-hydrogen) atoms. The molecule has 0 aliphatic heterocycles. The minimum Gasteiger partial charge on any atom is -0.468 e. The highest BCUT2D eigenvalue weighted by molar-refractivity contribution is 7.92. The Kier molecular flexibility index (Phi) is 3.43. The number of rotatable bonds is 4. The smallest absolute Gasteiger partial charge is 0.324 e. The molecule has 0 spiro atoms. The van der Waals surface area contributed by atoms with Gasteiger partial charge in [0.25, 0.3) is 0 Å². The van der Waals surface area contributed by atoms with Gasteiger partial charge in [-0.15, -0.1) is 0 Å². The van der Waals surface area contributed by atoms with Crippen LogP contribution >= 0.6 is 0 Å². The molecule has 1 aliphatic carbocycles. The third-order valence-electron chi connectivity index (χ3n) is 3.17. The largest absolute Gasteiger partial charge is 0.468 e. The Labute approximate surface area is 107 Å². The number of benzene rings is 1. The number of hydrogen-bond donors (Lipinski definition) is 0. The second-order valence-corrected chi connectivity index (χ2v) is 6.71. The van der Waals surface area contributed by atoms with Crippen molar-refractivity contribution in [2.45, 2.75) is 29.9 Å². The van der Waals surface area contributed by atoms with E-state index in [-0.39, 0.29) is 10.8 Å². The fourth-order valence-corrected chi connectivity index (χ4v) is 3.90. The van der Waals surface area contributed by atoms with E-state index in [1.807, 2.05) is 6.92 Å². The third-order valence-corrected chi connectivity index (χ3v) is 5.34. The zero-order chi connectivity index (χ0) is 13.3. The Hall–Kier alpha value is -1.36. The summed E-state index contributed by atoms with van der Waals surface area (Å²) in [6.45, 7) is 1.88. The van der Waals surface area contributed by atoms with Crippen LogP contribution in [0.25, 0.3) is 0 Å². The zero-order valence-electron chi connectivity index (χ0n) is 10.4. The van der Waals surface area contributed by atoms with Gasteiger partial charge in [0, 0.05) is 0 Å². The molecule has 1 aromatic carbocycles. The molecule has 0 heterocycles. The summed E-state index contributed by atoms with van der Waals surface area (Å²) in [7, 11) is -2.42. The molecule has 5 heteroatoms. The average molecular weight is 268 g/mol. The van der Waals surface area contributed by atoms with Gasteiger partial charge in [0.2, 0.25) is 0 Å². The highest BCUT2D eigenvalue weighted by Gasteiger charge is 2.46. The van der Waals surface area contributed by atoms with Gasteiger partial charge in [-0.3, -0.25) is 4.79 Å². The Morgan fingerprint density at radius 3 is 2.28 bits per heavy atom. The second kappa shape index (κ2) is 4.72. The Morgan fingerprint density at radius 2 is 1.83 bits per heavy atom. The number of ether oxygens (including phenoxy) is 1. The van der Waals surface area contributed by atoms with E-state index in [1.165, 1.54) is 7.11 Å². The maximum Gasteiger partial charge on any atom is 0.324 e. The molecule has 98 valence electrons. The predicted octanol–water partition coefficient (Wildman–Crippen LogP) is 1.72. The van der Waals surface area contributed by atoms with Gasteiger partial charge in [0.1, 0.15) is 0 Å². The zero-order valence-corrected chi connectivity index (χ0v) is 11.2. The van der Waals surface area contributed by atoms with Gasteiger partial charge in [-0.05, 0) is 37.8 Å². The molecule has 1 aliphatic rings. The van der Waals surface area contributed by atoms with Gasteiger partial charge in [-0.25, -0.2) is 8.42 Å². The van der Waals surface area contributed by atoms with Crippen LogP contribution in [0, 0.1) is 12.8 Å². The first-order valence-corrected chi connectivity index (χ1v) is 7.40. The summed E-state index contributed by atoms with van der Waals surface area (Å²) in [5.74, 6) is -0.748. The van der Waals surface area contributed by atoms with Crippen LogP contribution in [0.5, 0.6) is 0 Å². The number of sulfone groups is 1. The summed E-state index contributed by atoms with van der Waals surface area (Å²) in [5.41, 5.74) is 0.981. The van der Waals surface area contributed by atoms with Crippen LogP contribution in [-0.2, 0) is 19.4 Å². The molecule has 0 amide bonds. The summed E-state index contributed by atoms with van der Waals surface area (Å²) >= 11 is 0. The van der Waals surface area contributed by atoms with E-state index in [0.717, 1.165) is 18.4 Å². The van der Waals surface area contributed by atoms with Crippen molar-refractivity contribution in [2.24, 2.45) is 5.92 Å². The molecule has 1 fully saturated rings. The van der Waals surface area contributed by atoms with Crippen molar-refractivity contribution in [3.63, 3.8) is 0 Å². The number of methoxy groups -OCH3 is 1. The van der Waals surface area contributed by atoms with Crippen LogP contribution in [0.3, 0.4) is 0 Å². The molecule has 1 aromatic rings. The maximum absolute atomic E-state index is 12.4. The lowest BCUT2D eigenvalue weighted by Crippen LogP contribution is -2.33. The molecule has 1 unspecified atom stereocenters. The number of carbonyl (C=O) groups excluding carboxylic acids is 1. The second-order valence-electron chi connectivity index (χ2n) is 4.64. The van der Waals surface area contributed by atoms with Gasteiger partial charge in [0.15, 0.2) is 15.1 Å². The van der Waals surface area contributed by atoms with E-state index >= 15 is 0 Å². The molecule has 0 aromatic heterocycles. The van der Waals surface area contributed by atoms with Crippen molar-refractivity contribution in [3.05, 3.63) is 29.8 Å². The van der Waals surface area contributed by atoms with E-state index < -0.39 is 21.1 Å². The van der Waals surface area contributed by atoms with Gasteiger partial charge in [-0.2, -0.15) is 0 Å². The average Bonchev–Trinajstić information content (AvgIpc) is 3.13. The van der Waals surface area contributed by atoms with E-state index in [9.17, 15) is 13.2 Å². The molecule has 2 rings (SSSR count). The minimum atomic E-state index is -3.64. The number of carbonyl (C=O) groups is 1. The van der Waals surface area contributed by atoms with E-state index in [1.54, 1.807) is 24.3 Å². The highest BCUT2D eigenvalue weighted by Crippen LogP contribution is 2.39. The van der Waals surface area contributed by atoms with Crippen LogP contribution in [0.2, 0.25) is 0 Å². The molecule has 0 radical (unpaired) electrons. The van der Waals surface area contributed by atoms with Crippen LogP contribution in [0.1, 0.15) is 18.4 Å². The Bertz CT molecular complexity index is 541. The summed E-state index contributed by atoms with van der Waals surface area (Å²) < 4.78 is 29.5. The van der Waals surface area contributed by atoms with Gasteiger partial charge in [0.05, 0.1) is 12.0 Å². The quantitative estimate of drug-likeness (QED) is 0.780. The van der Waals surface area contributed by atoms with Crippen molar-refractivity contribution in [2.75, 3.05) is 7.11 Å². The van der Waals surface area contributed by atoms with Gasteiger partial charge < -0.3 is 4.74 Å². The SMILES string of the molecule is COC(=O)C(C1CC1)S(=O)(=O)c1ccc(C)cc1. The molecular formula is C13H16O4S. The highest BCUT2D eigenvalue weighted by atomic mass is 32.2. The number of aryl methyl sites for hydroxylation is 1. The fraction of sp³-hybridized carbons (Fsp3) is 0.462. The lowest BCUT2D eigenvalue weighted by atomic mass is 10.2. The number of hydrogen-bond acceptors (Lipinski definition) is 4. The van der Waals surface area contributed by atoms with Crippen molar-refractivity contribution < 1.29 is 17.9 Å². The first-order chi connectivity index (χ1) is 8.46. The molecule has 1 atom stereocenters. The van der Waals surface area contributed by atoms with E-state index in [0.29, 0.717) is 0 Å². The fourth-order valence-electron chi connectivity index (χ4n) is 1.96. The molecule has 0 N–H and O–H groups in total. The third kappa shape index (κ3) is 2.41. The standard InChI is InChI=1S/C13H16O4S/c1-9-3-7-11(8-4-9)18(15,16)12(10-5-6-10)13(14)17-2/h3-4,7-8,10,12H,5-6H2,1-2H3. The van der Waals surface area contributed by atoms with Crippen molar-refractivity contribution >= 4 is 15.8 Å². The van der Waals surface area contributed by atoms with Gasteiger partial charge >= 0.3 is 5.97 Å². The van der Waals surface area contributed by atoms with Crippen molar-refractivity contribution in [1.29, 1.82) is 0 Å². The topological polar surface area (TPSA) is 60.4 Å². The Balaban J connectivity index is 2.39. The maximum atomic E-state index is 12.4. The monoisotopic (exact) mass is 268 g/mol. The van der Waals surface area contributed by atoms with Crippen LogP contribution in [0.4, 0.5) is 0 Å². The van der Waals surface area contributed by atoms with Gasteiger partial charge in [-0.1, -0.05) is 17.7 Å². The van der Waals surface area contributed by atoms with Crippen LogP contribution in [-0.4, -0.2) is 26.7 Å². The molecule has 1 saturated carbocycles. The van der Waals surface area contributed by atoms with Crippen LogP contribution < -0.4 is 0 Å². The first-order valence-electron chi connectivity index (χ1n) is 5.85. The molecule has 0 bridgehead atoms. The van der Waals surface area contributed by atoms with E-state index in [4.69, 9.17) is 0 Å². The molecule has 4 nitrogen and oxygen atoms in total. The summed E-state index contributed by atoms with van der Waals surface area (Å²) in [6.07, 6.45) is 1.54. The van der Waals surface area contributed by atoms with Crippen molar-refractivity contribution in [3.8, 4) is 0 Å². The lowest BCUT2D eigenvalue weighted by molar-refractivity contribution is -0.140. The Morgan fingerprint density at radius 1 is 1.28 bits per heavy atom. The first kappa shape index (κ1) is 13.1. The van der Waals surface area contributed by atoms with Crippen molar-refractivity contribution in [1.82, 2.24) is 0 Å². The molecule has 0 saturated heterocycles. The van der Waals surface area contributed by atoms with Crippen LogP contribution in [0.15, 0.2) is 29.2 Å².